The highest BCUT2D eigenvalue weighted by molar-refractivity contribution is 5.77. The van der Waals surface area contributed by atoms with Crippen molar-refractivity contribution in [2.24, 2.45) is 0 Å². The van der Waals surface area contributed by atoms with Crippen LogP contribution >= 0.6 is 0 Å². The van der Waals surface area contributed by atoms with E-state index in [0.717, 1.165) is 18.9 Å². The Morgan fingerprint density at radius 1 is 1.35 bits per heavy atom. The summed E-state index contributed by atoms with van der Waals surface area (Å²) in [4.78, 5) is 13.0. The molecule has 0 aliphatic heterocycles. The number of hydrogen-bond donors (Lipinski definition) is 1. The topological polar surface area (TPSA) is 41.6 Å². The largest absolute Gasteiger partial charge is 0.494 e. The number of nitrogens with zero attached hydrogens (tertiary/aromatic N) is 1. The molecule has 0 bridgehead atoms. The molecule has 23 heavy (non-hydrogen) atoms. The first kappa shape index (κ1) is 19.4. The highest BCUT2D eigenvalue weighted by Crippen LogP contribution is 2.19. The lowest BCUT2D eigenvalue weighted by molar-refractivity contribution is -0.127. The Kier molecular flexibility index (Phi) is 7.95. The van der Waals surface area contributed by atoms with Crippen LogP contribution < -0.4 is 10.1 Å². The number of amides is 1. The number of hydrogen-bond acceptors (Lipinski definition) is 3. The summed E-state index contributed by atoms with van der Waals surface area (Å²) in [5.74, 6) is -1.91. The summed E-state index contributed by atoms with van der Waals surface area (Å²) in [5, 5.41) is 3.09. The Hall–Kier alpha value is -1.69. The number of benzene rings is 1. The molecule has 1 aromatic carbocycles. The van der Waals surface area contributed by atoms with Gasteiger partial charge in [0.1, 0.15) is 5.75 Å². The smallest absolute Gasteiger partial charge is 0.245 e. The first-order valence-electron chi connectivity index (χ1n) is 7.78. The van der Waals surface area contributed by atoms with Gasteiger partial charge in [0.2, 0.25) is 11.8 Å². The highest BCUT2D eigenvalue weighted by atomic mass is 19.3. The Bertz CT molecular complexity index is 488. The van der Waals surface area contributed by atoms with E-state index >= 15 is 0 Å². The van der Waals surface area contributed by atoms with Gasteiger partial charge in [0.05, 0.1) is 13.2 Å². The van der Waals surface area contributed by atoms with E-state index < -0.39 is 5.92 Å². The van der Waals surface area contributed by atoms with Crippen molar-refractivity contribution >= 4 is 5.91 Å². The molecule has 0 saturated heterocycles. The van der Waals surface area contributed by atoms with Gasteiger partial charge < -0.3 is 15.0 Å². The number of likely N-dealkylation sites (N-methyl/N-ethyl adjacent to an activating group) is 1. The predicted molar refractivity (Wildman–Crippen MR) is 87.1 cm³/mol. The van der Waals surface area contributed by atoms with Gasteiger partial charge in [0, 0.05) is 20.5 Å². The standard InChI is InChI=1S/C17H26F2N2O2/c1-17(18,19)9-5-11-23-15-7-4-6-14(12-15)8-10-20-13-16(22)21(2)3/h4,6-7,12,20H,5,8-11,13H2,1-3H3. The molecule has 1 rings (SSSR count). The minimum absolute atomic E-state index is 0.0369. The van der Waals surface area contributed by atoms with Crippen LogP contribution in [0.2, 0.25) is 0 Å². The van der Waals surface area contributed by atoms with Crippen molar-refractivity contribution in [3.8, 4) is 5.75 Å². The monoisotopic (exact) mass is 328 g/mol. The number of ether oxygens (including phenoxy) is 1. The van der Waals surface area contributed by atoms with E-state index in [1.807, 2.05) is 24.3 Å². The Morgan fingerprint density at radius 2 is 2.09 bits per heavy atom. The van der Waals surface area contributed by atoms with Crippen LogP contribution in [-0.2, 0) is 11.2 Å². The van der Waals surface area contributed by atoms with Crippen LogP contribution in [0.5, 0.6) is 5.75 Å². The zero-order valence-corrected chi connectivity index (χ0v) is 14.1. The summed E-state index contributed by atoms with van der Waals surface area (Å²) in [6, 6.07) is 7.57. The molecule has 0 aliphatic rings. The molecule has 0 unspecified atom stereocenters. The molecule has 0 fully saturated rings. The number of rotatable bonds is 10. The molecule has 0 aliphatic carbocycles. The maximum absolute atomic E-state index is 12.7. The van der Waals surface area contributed by atoms with Crippen LogP contribution in [0.25, 0.3) is 0 Å². The fourth-order valence-electron chi connectivity index (χ4n) is 1.95. The summed E-state index contributed by atoms with van der Waals surface area (Å²) in [6.07, 6.45) is 0.920. The van der Waals surface area contributed by atoms with Crippen molar-refractivity contribution in [2.75, 3.05) is 33.8 Å². The van der Waals surface area contributed by atoms with Crippen LogP contribution in [0.1, 0.15) is 25.3 Å². The van der Waals surface area contributed by atoms with Crippen molar-refractivity contribution in [1.82, 2.24) is 10.2 Å². The van der Waals surface area contributed by atoms with Crippen LogP contribution in [0.3, 0.4) is 0 Å². The average molecular weight is 328 g/mol. The summed E-state index contributed by atoms with van der Waals surface area (Å²) >= 11 is 0. The fourth-order valence-corrected chi connectivity index (χ4v) is 1.95. The van der Waals surface area contributed by atoms with Gasteiger partial charge >= 0.3 is 0 Å². The third-order valence-electron chi connectivity index (χ3n) is 3.29. The second kappa shape index (κ2) is 9.45. The lowest BCUT2D eigenvalue weighted by atomic mass is 10.1. The van der Waals surface area contributed by atoms with E-state index in [0.29, 0.717) is 25.3 Å². The van der Waals surface area contributed by atoms with E-state index in [9.17, 15) is 13.6 Å². The Morgan fingerprint density at radius 3 is 2.74 bits per heavy atom. The molecule has 0 heterocycles. The zero-order valence-electron chi connectivity index (χ0n) is 14.1. The molecular weight excluding hydrogens is 302 g/mol. The van der Waals surface area contributed by atoms with Crippen LogP contribution in [0.15, 0.2) is 24.3 Å². The number of carbonyl (C=O) groups excluding carboxylic acids is 1. The lowest BCUT2D eigenvalue weighted by Gasteiger charge is -2.12. The summed E-state index contributed by atoms with van der Waals surface area (Å²) in [7, 11) is 3.44. The lowest BCUT2D eigenvalue weighted by Crippen LogP contribution is -2.33. The molecule has 0 aromatic heterocycles. The Balaban J connectivity index is 2.29. The maximum atomic E-state index is 12.7. The number of carbonyl (C=O) groups is 1. The zero-order chi connectivity index (χ0) is 17.3. The molecule has 0 spiro atoms. The summed E-state index contributed by atoms with van der Waals surface area (Å²) < 4.78 is 30.9. The molecule has 0 saturated carbocycles. The van der Waals surface area contributed by atoms with E-state index in [4.69, 9.17) is 4.74 Å². The Labute approximate surface area is 136 Å². The molecule has 1 N–H and O–H groups in total. The predicted octanol–water partition coefficient (Wildman–Crippen LogP) is 2.72. The molecule has 0 atom stereocenters. The van der Waals surface area contributed by atoms with E-state index in [2.05, 4.69) is 5.32 Å². The fraction of sp³-hybridized carbons (Fsp3) is 0.588. The van der Waals surface area contributed by atoms with Crippen molar-refractivity contribution in [3.63, 3.8) is 0 Å². The number of alkyl halides is 2. The molecule has 1 aromatic rings. The highest BCUT2D eigenvalue weighted by Gasteiger charge is 2.19. The van der Waals surface area contributed by atoms with Gasteiger partial charge in [0.15, 0.2) is 0 Å². The molecular formula is C17H26F2N2O2. The van der Waals surface area contributed by atoms with Gasteiger partial charge in [-0.1, -0.05) is 12.1 Å². The molecule has 130 valence electrons. The molecule has 0 radical (unpaired) electrons. The third-order valence-corrected chi connectivity index (χ3v) is 3.29. The van der Waals surface area contributed by atoms with Crippen LogP contribution in [-0.4, -0.2) is 50.5 Å². The second-order valence-corrected chi connectivity index (χ2v) is 5.88. The maximum Gasteiger partial charge on any atom is 0.245 e. The molecule has 4 nitrogen and oxygen atoms in total. The van der Waals surface area contributed by atoms with Crippen LogP contribution in [0, 0.1) is 0 Å². The molecule has 1 amide bonds. The van der Waals surface area contributed by atoms with Gasteiger partial charge in [-0.25, -0.2) is 8.78 Å². The van der Waals surface area contributed by atoms with E-state index in [1.165, 1.54) is 0 Å². The normalized spacial score (nSPS) is 11.3. The average Bonchev–Trinajstić information content (AvgIpc) is 2.47. The minimum atomic E-state index is -2.64. The van der Waals surface area contributed by atoms with Crippen molar-refractivity contribution in [2.45, 2.75) is 32.1 Å². The minimum Gasteiger partial charge on any atom is -0.494 e. The quantitative estimate of drug-likeness (QED) is 0.672. The van der Waals surface area contributed by atoms with Gasteiger partial charge in [-0.2, -0.15) is 0 Å². The molecule has 6 heteroatoms. The van der Waals surface area contributed by atoms with E-state index in [-0.39, 0.29) is 18.9 Å². The van der Waals surface area contributed by atoms with E-state index in [1.54, 1.807) is 19.0 Å². The summed E-state index contributed by atoms with van der Waals surface area (Å²) in [5.41, 5.74) is 1.08. The van der Waals surface area contributed by atoms with Gasteiger partial charge in [-0.15, -0.1) is 0 Å². The van der Waals surface area contributed by atoms with Gasteiger partial charge in [-0.3, -0.25) is 4.79 Å². The van der Waals surface area contributed by atoms with Gasteiger partial charge in [0.25, 0.3) is 0 Å². The second-order valence-electron chi connectivity index (χ2n) is 5.88. The number of halogens is 2. The van der Waals surface area contributed by atoms with Crippen molar-refractivity contribution in [3.05, 3.63) is 29.8 Å². The summed E-state index contributed by atoms with van der Waals surface area (Å²) in [6.45, 7) is 2.20. The third kappa shape index (κ3) is 9.13. The SMILES string of the molecule is CN(C)C(=O)CNCCc1cccc(OCCCC(C)(F)F)c1. The first-order valence-corrected chi connectivity index (χ1v) is 7.78. The van der Waals surface area contributed by atoms with Crippen LogP contribution in [0.4, 0.5) is 8.78 Å². The van der Waals surface area contributed by atoms with Crippen molar-refractivity contribution in [1.29, 1.82) is 0 Å². The number of nitrogens with one attached hydrogen (secondary N) is 1. The van der Waals surface area contributed by atoms with Gasteiger partial charge in [-0.05, 0) is 44.0 Å². The van der Waals surface area contributed by atoms with Crippen molar-refractivity contribution < 1.29 is 18.3 Å². The first-order chi connectivity index (χ1) is 10.8.